The van der Waals surface area contributed by atoms with Gasteiger partial charge in [0.2, 0.25) is 0 Å². The number of hydrogen-bond acceptors (Lipinski definition) is 8. The van der Waals surface area contributed by atoms with Crippen LogP contribution in [0.5, 0.6) is 0 Å². The van der Waals surface area contributed by atoms with Crippen LogP contribution in [-0.2, 0) is 23.8 Å². The summed E-state index contributed by atoms with van der Waals surface area (Å²) < 4.78 is 15.6. The van der Waals surface area contributed by atoms with Crippen LogP contribution >= 0.6 is 0 Å². The number of hydrogen-bond donors (Lipinski definition) is 3. The maximum absolute atomic E-state index is 11.1. The zero-order valence-corrected chi connectivity index (χ0v) is 17.5. The minimum absolute atomic E-state index is 0.0285. The highest BCUT2D eigenvalue weighted by Crippen LogP contribution is 2.27. The van der Waals surface area contributed by atoms with E-state index in [0.717, 1.165) is 0 Å². The molecule has 0 aromatic rings. The third-order valence-electron chi connectivity index (χ3n) is 4.27. The van der Waals surface area contributed by atoms with Crippen molar-refractivity contribution < 1.29 is 39.1 Å². The Morgan fingerprint density at radius 1 is 1.21 bits per heavy atom. The van der Waals surface area contributed by atoms with Crippen LogP contribution in [0.15, 0.2) is 12.7 Å². The zero-order valence-electron chi connectivity index (χ0n) is 17.5. The second-order valence-electron chi connectivity index (χ2n) is 7.17. The molecule has 164 valence electrons. The summed E-state index contributed by atoms with van der Waals surface area (Å²) in [5, 5.41) is 28.2. The molecule has 1 rings (SSSR count). The van der Waals surface area contributed by atoms with Gasteiger partial charge >= 0.3 is 5.97 Å². The van der Waals surface area contributed by atoms with Crippen molar-refractivity contribution in [3.8, 4) is 0 Å². The highest BCUT2D eigenvalue weighted by Gasteiger charge is 2.42. The molecule has 0 aliphatic carbocycles. The molecule has 0 radical (unpaired) electrons. The summed E-state index contributed by atoms with van der Waals surface area (Å²) in [5.74, 6) is -0.901. The van der Waals surface area contributed by atoms with Crippen LogP contribution in [0.2, 0.25) is 0 Å². The highest BCUT2D eigenvalue weighted by atomic mass is 16.7. The summed E-state index contributed by atoms with van der Waals surface area (Å²) in [7, 11) is 0. The van der Waals surface area contributed by atoms with E-state index in [9.17, 15) is 19.8 Å². The Morgan fingerprint density at radius 2 is 1.82 bits per heavy atom. The number of rotatable bonds is 9. The first kappa shape index (κ1) is 26.7. The number of aliphatic hydroxyl groups is 3. The predicted octanol–water partition coefficient (Wildman–Crippen LogP) is 1.21. The van der Waals surface area contributed by atoms with E-state index in [1.807, 2.05) is 13.8 Å². The molecule has 0 amide bonds. The van der Waals surface area contributed by atoms with E-state index in [4.69, 9.17) is 19.3 Å². The summed E-state index contributed by atoms with van der Waals surface area (Å²) in [6, 6.07) is 0. The molecule has 1 saturated heterocycles. The van der Waals surface area contributed by atoms with Gasteiger partial charge in [0, 0.05) is 18.8 Å². The molecule has 8 nitrogen and oxygen atoms in total. The van der Waals surface area contributed by atoms with Gasteiger partial charge in [0.15, 0.2) is 6.29 Å². The molecule has 1 aliphatic rings. The van der Waals surface area contributed by atoms with E-state index in [1.54, 1.807) is 20.8 Å². The number of aliphatic hydroxyl groups excluding tert-OH is 3. The summed E-state index contributed by atoms with van der Waals surface area (Å²) in [5.41, 5.74) is 0. The fourth-order valence-corrected chi connectivity index (χ4v) is 2.50. The van der Waals surface area contributed by atoms with E-state index < -0.39 is 24.6 Å². The SMILES string of the molecule is C=CCOC(=O)C(C)CC(=O)CC.CC(C)O[C@H]1OC(CO)[C@H](O)[C@H](O)C1C. The van der Waals surface area contributed by atoms with Crippen LogP contribution < -0.4 is 0 Å². The first-order chi connectivity index (χ1) is 13.1. The number of carbonyl (C=O) groups is 2. The number of esters is 1. The van der Waals surface area contributed by atoms with Crippen molar-refractivity contribution in [1.29, 1.82) is 0 Å². The number of carbonyl (C=O) groups excluding carboxylic acids is 2. The summed E-state index contributed by atoms with van der Waals surface area (Å²) in [4.78, 5) is 22.1. The van der Waals surface area contributed by atoms with Gasteiger partial charge in [0.25, 0.3) is 0 Å². The topological polar surface area (TPSA) is 123 Å². The van der Waals surface area contributed by atoms with Crippen LogP contribution in [0.4, 0.5) is 0 Å². The molecule has 1 heterocycles. The van der Waals surface area contributed by atoms with Gasteiger partial charge in [-0.1, -0.05) is 33.4 Å². The van der Waals surface area contributed by atoms with Crippen molar-refractivity contribution in [2.45, 2.75) is 78.2 Å². The molecule has 6 atom stereocenters. The molecule has 0 aromatic carbocycles. The van der Waals surface area contributed by atoms with E-state index in [1.165, 1.54) is 6.08 Å². The van der Waals surface area contributed by atoms with Crippen molar-refractivity contribution in [2.24, 2.45) is 11.8 Å². The van der Waals surface area contributed by atoms with Crippen molar-refractivity contribution in [3.63, 3.8) is 0 Å². The van der Waals surface area contributed by atoms with Crippen molar-refractivity contribution in [1.82, 2.24) is 0 Å². The quantitative estimate of drug-likeness (QED) is 0.387. The molecule has 3 unspecified atom stereocenters. The molecule has 3 N–H and O–H groups in total. The lowest BCUT2D eigenvalue weighted by molar-refractivity contribution is -0.290. The first-order valence-corrected chi connectivity index (χ1v) is 9.66. The second-order valence-corrected chi connectivity index (χ2v) is 7.17. The molecular weight excluding hydrogens is 368 g/mol. The third kappa shape index (κ3) is 9.25. The average Bonchev–Trinajstić information content (AvgIpc) is 2.66. The van der Waals surface area contributed by atoms with Gasteiger partial charge in [-0.15, -0.1) is 0 Å². The smallest absolute Gasteiger partial charge is 0.309 e. The van der Waals surface area contributed by atoms with E-state index >= 15 is 0 Å². The standard InChI is InChI=1S/C10H20O5.C10H16O3/c1-5(2)14-10-6(3)8(12)9(13)7(4-11)15-10;1-4-6-13-10(12)8(3)7-9(11)5-2/h5-13H,4H2,1-3H3;4,8H,1,5-7H2,2-3H3/t6?,7?,8-,9+,10+;/m1./s1. The Bertz CT molecular complexity index is 477. The van der Waals surface area contributed by atoms with Crippen LogP contribution in [0.1, 0.15) is 47.5 Å². The summed E-state index contributed by atoms with van der Waals surface area (Å²) >= 11 is 0. The van der Waals surface area contributed by atoms with Crippen LogP contribution in [0.25, 0.3) is 0 Å². The van der Waals surface area contributed by atoms with Gasteiger partial charge in [0.05, 0.1) is 24.7 Å². The zero-order chi connectivity index (χ0) is 21.9. The van der Waals surface area contributed by atoms with Crippen molar-refractivity contribution in [3.05, 3.63) is 12.7 Å². The second kappa shape index (κ2) is 13.8. The minimum atomic E-state index is -1.06. The van der Waals surface area contributed by atoms with E-state index in [0.29, 0.717) is 6.42 Å². The summed E-state index contributed by atoms with van der Waals surface area (Å²) in [6.45, 7) is 12.3. The minimum Gasteiger partial charge on any atom is -0.461 e. The van der Waals surface area contributed by atoms with Crippen LogP contribution in [-0.4, -0.2) is 71.0 Å². The maximum Gasteiger partial charge on any atom is 0.309 e. The molecule has 0 aromatic heterocycles. The number of Topliss-reactive ketones (excluding diaryl/α,β-unsaturated/α-hetero) is 1. The van der Waals surface area contributed by atoms with Gasteiger partial charge in [-0.05, 0) is 13.8 Å². The van der Waals surface area contributed by atoms with E-state index in [2.05, 4.69) is 6.58 Å². The van der Waals surface area contributed by atoms with Gasteiger partial charge < -0.3 is 29.5 Å². The largest absolute Gasteiger partial charge is 0.461 e. The van der Waals surface area contributed by atoms with Crippen LogP contribution in [0.3, 0.4) is 0 Å². The van der Waals surface area contributed by atoms with Gasteiger partial charge in [0.1, 0.15) is 24.6 Å². The molecule has 1 aliphatic heterocycles. The first-order valence-electron chi connectivity index (χ1n) is 9.66. The van der Waals surface area contributed by atoms with Gasteiger partial charge in [-0.25, -0.2) is 0 Å². The summed E-state index contributed by atoms with van der Waals surface area (Å²) in [6.07, 6.45) is -1.13. The predicted molar refractivity (Wildman–Crippen MR) is 103 cm³/mol. The Hall–Kier alpha value is -1.32. The highest BCUT2D eigenvalue weighted by molar-refractivity contribution is 5.84. The Balaban J connectivity index is 0.000000528. The van der Waals surface area contributed by atoms with Crippen LogP contribution in [0, 0.1) is 11.8 Å². The lowest BCUT2D eigenvalue weighted by atomic mass is 9.92. The maximum atomic E-state index is 11.1. The Kier molecular flexibility index (Phi) is 13.1. The number of ketones is 1. The Labute approximate surface area is 167 Å². The van der Waals surface area contributed by atoms with Crippen molar-refractivity contribution >= 4 is 11.8 Å². The van der Waals surface area contributed by atoms with Gasteiger partial charge in [-0.3, -0.25) is 9.59 Å². The molecule has 0 spiro atoms. The fourth-order valence-electron chi connectivity index (χ4n) is 2.50. The normalized spacial score (nSPS) is 28.1. The van der Waals surface area contributed by atoms with E-state index in [-0.39, 0.29) is 49.3 Å². The average molecular weight is 405 g/mol. The molecule has 28 heavy (non-hydrogen) atoms. The van der Waals surface area contributed by atoms with Gasteiger partial charge in [-0.2, -0.15) is 0 Å². The molecule has 1 fully saturated rings. The van der Waals surface area contributed by atoms with Crippen molar-refractivity contribution in [2.75, 3.05) is 13.2 Å². The third-order valence-corrected chi connectivity index (χ3v) is 4.27. The molecule has 0 bridgehead atoms. The fraction of sp³-hybridized carbons (Fsp3) is 0.800. The molecular formula is C20H36O8. The number of ether oxygens (including phenoxy) is 3. The Morgan fingerprint density at radius 3 is 2.29 bits per heavy atom. The lowest BCUT2D eigenvalue weighted by Crippen LogP contribution is -2.55. The lowest BCUT2D eigenvalue weighted by Gasteiger charge is -2.41. The monoisotopic (exact) mass is 404 g/mol. The molecule has 8 heteroatoms. The molecule has 0 saturated carbocycles.